The number of anilines is 2. The normalized spacial score (nSPS) is 14.4. The van der Waals surface area contributed by atoms with Crippen molar-refractivity contribution >= 4 is 11.4 Å². The number of nitrogens with zero attached hydrogens (tertiary/aromatic N) is 1. The van der Waals surface area contributed by atoms with E-state index < -0.39 is 0 Å². The zero-order chi connectivity index (χ0) is 12.5. The smallest absolute Gasteiger partial charge is 0.148 e. The van der Waals surface area contributed by atoms with Crippen LogP contribution < -0.4 is 10.6 Å². The van der Waals surface area contributed by atoms with Gasteiger partial charge in [-0.1, -0.05) is 24.3 Å². The van der Waals surface area contributed by atoms with Crippen LogP contribution in [-0.2, 0) is 13.0 Å². The summed E-state index contributed by atoms with van der Waals surface area (Å²) in [6.45, 7) is 1.61. The third-order valence-corrected chi connectivity index (χ3v) is 3.44. The van der Waals surface area contributed by atoms with Gasteiger partial charge in [-0.2, -0.15) is 0 Å². The van der Waals surface area contributed by atoms with Crippen molar-refractivity contribution in [3.63, 3.8) is 0 Å². The van der Waals surface area contributed by atoms with Crippen molar-refractivity contribution in [2.75, 3.05) is 17.2 Å². The molecule has 0 unspecified atom stereocenters. The van der Waals surface area contributed by atoms with E-state index in [4.69, 9.17) is 5.73 Å². The summed E-state index contributed by atoms with van der Waals surface area (Å²) in [7, 11) is 0. The molecule has 1 aliphatic rings. The van der Waals surface area contributed by atoms with E-state index in [1.165, 1.54) is 17.2 Å². The highest BCUT2D eigenvalue weighted by Gasteiger charge is 2.18. The van der Waals surface area contributed by atoms with E-state index in [1.807, 2.05) is 6.07 Å². The minimum absolute atomic E-state index is 0.241. The lowest BCUT2D eigenvalue weighted by Crippen LogP contribution is -2.30. The first-order chi connectivity index (χ1) is 8.74. The number of benzene rings is 2. The van der Waals surface area contributed by atoms with Crippen molar-refractivity contribution in [2.45, 2.75) is 13.0 Å². The summed E-state index contributed by atoms with van der Waals surface area (Å²) < 4.78 is 13.9. The summed E-state index contributed by atoms with van der Waals surface area (Å²) >= 11 is 0. The highest BCUT2D eigenvalue weighted by atomic mass is 19.1. The van der Waals surface area contributed by atoms with Crippen LogP contribution in [-0.4, -0.2) is 6.54 Å². The molecule has 1 aliphatic heterocycles. The zero-order valence-corrected chi connectivity index (χ0v) is 10.1. The molecule has 0 spiro atoms. The first-order valence-electron chi connectivity index (χ1n) is 6.11. The molecule has 0 saturated heterocycles. The van der Waals surface area contributed by atoms with E-state index in [1.54, 1.807) is 12.1 Å². The van der Waals surface area contributed by atoms with Crippen LogP contribution in [0.4, 0.5) is 15.8 Å². The predicted molar refractivity (Wildman–Crippen MR) is 72.0 cm³/mol. The Morgan fingerprint density at radius 1 is 1.06 bits per heavy atom. The lowest BCUT2D eigenvalue weighted by atomic mass is 9.99. The quantitative estimate of drug-likeness (QED) is 0.779. The van der Waals surface area contributed by atoms with Gasteiger partial charge in [-0.15, -0.1) is 0 Å². The molecule has 0 aromatic heterocycles. The molecule has 2 N–H and O–H groups in total. The van der Waals surface area contributed by atoms with E-state index in [0.29, 0.717) is 11.4 Å². The van der Waals surface area contributed by atoms with Crippen LogP contribution in [0.1, 0.15) is 11.1 Å². The van der Waals surface area contributed by atoms with E-state index in [9.17, 15) is 4.39 Å². The molecule has 0 fully saturated rings. The second-order valence-corrected chi connectivity index (χ2v) is 4.65. The second-order valence-electron chi connectivity index (χ2n) is 4.65. The predicted octanol–water partition coefficient (Wildman–Crippen LogP) is 2.97. The Labute approximate surface area is 106 Å². The van der Waals surface area contributed by atoms with Crippen LogP contribution in [0.5, 0.6) is 0 Å². The average Bonchev–Trinajstić information content (AvgIpc) is 2.38. The van der Waals surface area contributed by atoms with Gasteiger partial charge in [0.1, 0.15) is 5.82 Å². The van der Waals surface area contributed by atoms with Gasteiger partial charge in [0.15, 0.2) is 0 Å². The van der Waals surface area contributed by atoms with Crippen molar-refractivity contribution < 1.29 is 4.39 Å². The van der Waals surface area contributed by atoms with Crippen LogP contribution in [0, 0.1) is 5.82 Å². The minimum Gasteiger partial charge on any atom is -0.399 e. The summed E-state index contributed by atoms with van der Waals surface area (Å²) in [5.41, 5.74) is 9.32. The summed E-state index contributed by atoms with van der Waals surface area (Å²) in [4.78, 5) is 2.07. The molecule has 92 valence electrons. The maximum Gasteiger partial charge on any atom is 0.148 e. The molecule has 2 aromatic carbocycles. The molecule has 0 amide bonds. The molecular weight excluding hydrogens is 227 g/mol. The van der Waals surface area contributed by atoms with Crippen molar-refractivity contribution in [3.05, 3.63) is 59.4 Å². The topological polar surface area (TPSA) is 29.3 Å². The third-order valence-electron chi connectivity index (χ3n) is 3.44. The molecule has 0 radical (unpaired) electrons. The van der Waals surface area contributed by atoms with Gasteiger partial charge in [0.2, 0.25) is 0 Å². The Morgan fingerprint density at radius 3 is 2.61 bits per heavy atom. The van der Waals surface area contributed by atoms with E-state index >= 15 is 0 Å². The zero-order valence-electron chi connectivity index (χ0n) is 10.1. The number of rotatable bonds is 1. The fraction of sp³-hybridized carbons (Fsp3) is 0.200. The molecule has 1 heterocycles. The van der Waals surface area contributed by atoms with Crippen LogP contribution in [0.15, 0.2) is 42.5 Å². The van der Waals surface area contributed by atoms with Crippen LogP contribution in [0.3, 0.4) is 0 Å². The highest BCUT2D eigenvalue weighted by Crippen LogP contribution is 2.27. The highest BCUT2D eigenvalue weighted by molar-refractivity contribution is 5.56. The van der Waals surface area contributed by atoms with Crippen LogP contribution in [0.25, 0.3) is 0 Å². The van der Waals surface area contributed by atoms with Crippen molar-refractivity contribution in [2.24, 2.45) is 0 Å². The third kappa shape index (κ3) is 1.92. The maximum atomic E-state index is 13.9. The van der Waals surface area contributed by atoms with Gasteiger partial charge >= 0.3 is 0 Å². The summed E-state index contributed by atoms with van der Waals surface area (Å²) in [6, 6.07) is 13.2. The molecular formula is C15H15FN2. The largest absolute Gasteiger partial charge is 0.399 e. The van der Waals surface area contributed by atoms with E-state index in [0.717, 1.165) is 19.5 Å². The van der Waals surface area contributed by atoms with Gasteiger partial charge < -0.3 is 10.6 Å². The van der Waals surface area contributed by atoms with Crippen LogP contribution >= 0.6 is 0 Å². The average molecular weight is 242 g/mol. The van der Waals surface area contributed by atoms with Gasteiger partial charge in [-0.05, 0) is 35.7 Å². The number of hydrogen-bond acceptors (Lipinski definition) is 2. The summed E-state index contributed by atoms with van der Waals surface area (Å²) in [5.74, 6) is -0.241. The molecule has 2 nitrogen and oxygen atoms in total. The Balaban J connectivity index is 1.92. The first kappa shape index (κ1) is 11.1. The van der Waals surface area contributed by atoms with Crippen molar-refractivity contribution in [1.29, 1.82) is 0 Å². The molecule has 3 rings (SSSR count). The summed E-state index contributed by atoms with van der Waals surface area (Å²) in [6.07, 6.45) is 0.958. The Kier molecular flexibility index (Phi) is 2.67. The van der Waals surface area contributed by atoms with Gasteiger partial charge in [0.25, 0.3) is 0 Å². The molecule has 18 heavy (non-hydrogen) atoms. The molecule has 2 aromatic rings. The number of hydrogen-bond donors (Lipinski definition) is 1. The fourth-order valence-electron chi connectivity index (χ4n) is 2.48. The monoisotopic (exact) mass is 242 g/mol. The number of nitrogens with two attached hydrogens (primary N) is 1. The number of nitrogen functional groups attached to an aromatic ring is 1. The second kappa shape index (κ2) is 4.33. The summed E-state index contributed by atoms with van der Waals surface area (Å²) in [5, 5.41) is 0. The molecule has 3 heteroatoms. The Morgan fingerprint density at radius 2 is 1.83 bits per heavy atom. The van der Waals surface area contributed by atoms with E-state index in [2.05, 4.69) is 23.1 Å². The van der Waals surface area contributed by atoms with Gasteiger partial charge in [-0.25, -0.2) is 4.39 Å². The lowest BCUT2D eigenvalue weighted by molar-refractivity contribution is 0.611. The molecule has 0 saturated carbocycles. The van der Waals surface area contributed by atoms with Crippen LogP contribution in [0.2, 0.25) is 0 Å². The van der Waals surface area contributed by atoms with E-state index in [-0.39, 0.29) is 5.82 Å². The Bertz CT molecular complexity index is 580. The first-order valence-corrected chi connectivity index (χ1v) is 6.11. The standard InChI is InChI=1S/C15H15FN2/c16-14-9-13(17)5-6-15(14)18-8-7-11-3-1-2-4-12(11)10-18/h1-6,9H,7-8,10,17H2. The lowest BCUT2D eigenvalue weighted by Gasteiger charge is -2.31. The number of fused-ring (bicyclic) bond motifs is 1. The van der Waals surface area contributed by atoms with Gasteiger partial charge in [0, 0.05) is 18.8 Å². The van der Waals surface area contributed by atoms with Crippen molar-refractivity contribution in [3.8, 4) is 0 Å². The SMILES string of the molecule is Nc1ccc(N2CCc3ccccc3C2)c(F)c1. The van der Waals surface area contributed by atoms with Gasteiger partial charge in [-0.3, -0.25) is 0 Å². The fourth-order valence-corrected chi connectivity index (χ4v) is 2.48. The molecule has 0 aliphatic carbocycles. The maximum absolute atomic E-state index is 13.9. The van der Waals surface area contributed by atoms with Crippen molar-refractivity contribution in [1.82, 2.24) is 0 Å². The molecule has 0 bridgehead atoms. The Hall–Kier alpha value is -2.03. The minimum atomic E-state index is -0.241. The van der Waals surface area contributed by atoms with Gasteiger partial charge in [0.05, 0.1) is 5.69 Å². The molecule has 0 atom stereocenters. The number of halogens is 1.